The van der Waals surface area contributed by atoms with Crippen LogP contribution < -0.4 is 0 Å². The van der Waals surface area contributed by atoms with Crippen LogP contribution in [0.1, 0.15) is 11.4 Å². The molecule has 3 aromatic rings. The average molecular weight is 246 g/mol. The van der Waals surface area contributed by atoms with Gasteiger partial charge in [-0.3, -0.25) is 4.57 Å². The van der Waals surface area contributed by atoms with Crippen molar-refractivity contribution in [1.82, 2.24) is 19.7 Å². The zero-order chi connectivity index (χ0) is 13.2. The maximum Gasteiger partial charge on any atom is 0.177 e. The Hall–Kier alpha value is -3.25. The minimum Gasteiger partial charge on any atom is -0.287 e. The molecule has 0 bridgehead atoms. The molecule has 0 atom stereocenters. The molecule has 2 aromatic heterocycles. The van der Waals surface area contributed by atoms with Gasteiger partial charge in [0.25, 0.3) is 0 Å². The van der Waals surface area contributed by atoms with Crippen molar-refractivity contribution in [1.29, 1.82) is 10.5 Å². The van der Waals surface area contributed by atoms with E-state index >= 15 is 0 Å². The Labute approximate surface area is 108 Å². The third kappa shape index (κ3) is 1.60. The monoisotopic (exact) mass is 246 g/mol. The minimum absolute atomic E-state index is 0.100. The maximum atomic E-state index is 9.15. The van der Waals surface area contributed by atoms with E-state index in [4.69, 9.17) is 10.5 Å². The number of imidazole rings is 1. The first-order chi connectivity index (χ1) is 9.35. The molecule has 1 aromatic carbocycles. The summed E-state index contributed by atoms with van der Waals surface area (Å²) in [6.07, 6.45) is 2.99. The number of nitriles is 2. The first kappa shape index (κ1) is 10.9. The van der Waals surface area contributed by atoms with Gasteiger partial charge < -0.3 is 0 Å². The summed E-state index contributed by atoms with van der Waals surface area (Å²) >= 11 is 0. The Bertz CT molecular complexity index is 844. The zero-order valence-electron chi connectivity index (χ0n) is 9.65. The SMILES string of the molecule is N#Cc1ncn(-c2cnnc3ccccc23)c1C#N. The summed E-state index contributed by atoms with van der Waals surface area (Å²) < 4.78 is 1.55. The summed E-state index contributed by atoms with van der Waals surface area (Å²) in [6.45, 7) is 0. The Morgan fingerprint density at radius 3 is 2.74 bits per heavy atom. The molecule has 0 aliphatic carbocycles. The molecule has 0 saturated carbocycles. The van der Waals surface area contributed by atoms with Crippen LogP contribution in [0.25, 0.3) is 16.6 Å². The van der Waals surface area contributed by atoms with Gasteiger partial charge in [0, 0.05) is 5.39 Å². The highest BCUT2D eigenvalue weighted by molar-refractivity contribution is 5.86. The van der Waals surface area contributed by atoms with Crippen LogP contribution >= 0.6 is 0 Å². The molecule has 0 radical (unpaired) electrons. The van der Waals surface area contributed by atoms with E-state index in [0.717, 1.165) is 10.9 Å². The van der Waals surface area contributed by atoms with Crippen LogP contribution in [0.3, 0.4) is 0 Å². The second-order valence-electron chi connectivity index (χ2n) is 3.78. The van der Waals surface area contributed by atoms with Gasteiger partial charge in [-0.05, 0) is 6.07 Å². The summed E-state index contributed by atoms with van der Waals surface area (Å²) in [6, 6.07) is 11.3. The van der Waals surface area contributed by atoms with Crippen molar-refractivity contribution in [2.45, 2.75) is 0 Å². The fourth-order valence-corrected chi connectivity index (χ4v) is 1.90. The highest BCUT2D eigenvalue weighted by atomic mass is 15.1. The van der Waals surface area contributed by atoms with Gasteiger partial charge in [0.15, 0.2) is 11.4 Å². The number of rotatable bonds is 1. The molecule has 0 spiro atoms. The van der Waals surface area contributed by atoms with E-state index in [0.29, 0.717) is 5.69 Å². The van der Waals surface area contributed by atoms with Gasteiger partial charge in [-0.15, -0.1) is 0 Å². The van der Waals surface area contributed by atoms with Crippen LogP contribution in [0, 0.1) is 22.7 Å². The molecular weight excluding hydrogens is 240 g/mol. The molecule has 0 unspecified atom stereocenters. The zero-order valence-corrected chi connectivity index (χ0v) is 9.65. The molecule has 6 nitrogen and oxygen atoms in total. The predicted molar refractivity (Wildman–Crippen MR) is 66.1 cm³/mol. The average Bonchev–Trinajstić information content (AvgIpc) is 2.89. The van der Waals surface area contributed by atoms with Crippen molar-refractivity contribution in [3.05, 3.63) is 48.2 Å². The van der Waals surface area contributed by atoms with Gasteiger partial charge in [-0.25, -0.2) is 4.98 Å². The number of fused-ring (bicyclic) bond motifs is 1. The highest BCUT2D eigenvalue weighted by Gasteiger charge is 2.13. The highest BCUT2D eigenvalue weighted by Crippen LogP contribution is 2.21. The third-order valence-corrected chi connectivity index (χ3v) is 2.76. The summed E-state index contributed by atoms with van der Waals surface area (Å²) in [5, 5.41) is 26.8. The molecule has 0 aliphatic heterocycles. The molecule has 6 heteroatoms. The molecule has 0 fully saturated rings. The van der Waals surface area contributed by atoms with Gasteiger partial charge in [-0.2, -0.15) is 20.7 Å². The second kappa shape index (κ2) is 4.21. The third-order valence-electron chi connectivity index (χ3n) is 2.76. The van der Waals surface area contributed by atoms with E-state index in [2.05, 4.69) is 15.2 Å². The summed E-state index contributed by atoms with van der Waals surface area (Å²) in [5.74, 6) is 0. The second-order valence-corrected chi connectivity index (χ2v) is 3.78. The Balaban J connectivity index is 2.35. The fraction of sp³-hybridized carbons (Fsp3) is 0. The van der Waals surface area contributed by atoms with Crippen molar-refractivity contribution in [2.75, 3.05) is 0 Å². The molecule has 0 saturated heterocycles. The molecule has 88 valence electrons. The standard InChI is InChI=1S/C13H6N6/c14-5-11-12(6-15)19(8-16-11)13-7-17-18-10-4-2-1-3-9(10)13/h1-4,7-8H. The van der Waals surface area contributed by atoms with Gasteiger partial charge in [0.1, 0.15) is 18.5 Å². The fourth-order valence-electron chi connectivity index (χ4n) is 1.90. The van der Waals surface area contributed by atoms with Gasteiger partial charge in [0.2, 0.25) is 0 Å². The lowest BCUT2D eigenvalue weighted by atomic mass is 10.2. The molecule has 2 heterocycles. The lowest BCUT2D eigenvalue weighted by molar-refractivity contribution is 0.992. The first-order valence-electron chi connectivity index (χ1n) is 5.43. The molecular formula is C13H6N6. The maximum absolute atomic E-state index is 9.15. The number of aromatic nitrogens is 4. The molecule has 19 heavy (non-hydrogen) atoms. The smallest absolute Gasteiger partial charge is 0.177 e. The van der Waals surface area contributed by atoms with Crippen LogP contribution in [0.15, 0.2) is 36.8 Å². The minimum atomic E-state index is 0.100. The Morgan fingerprint density at radius 2 is 1.95 bits per heavy atom. The molecule has 0 amide bonds. The van der Waals surface area contributed by atoms with Crippen LogP contribution in [0.4, 0.5) is 0 Å². The van der Waals surface area contributed by atoms with Gasteiger partial charge >= 0.3 is 0 Å². The lowest BCUT2D eigenvalue weighted by Gasteiger charge is -2.06. The van der Waals surface area contributed by atoms with Crippen LogP contribution in [-0.2, 0) is 0 Å². The van der Waals surface area contributed by atoms with E-state index in [9.17, 15) is 0 Å². The largest absolute Gasteiger partial charge is 0.287 e. The predicted octanol–water partition coefficient (Wildman–Crippen LogP) is 1.56. The van der Waals surface area contributed by atoms with Crippen molar-refractivity contribution < 1.29 is 0 Å². The summed E-state index contributed by atoms with van der Waals surface area (Å²) in [4.78, 5) is 3.92. The molecule has 0 N–H and O–H groups in total. The van der Waals surface area contributed by atoms with Gasteiger partial charge in [-0.1, -0.05) is 18.2 Å². The number of hydrogen-bond donors (Lipinski definition) is 0. The van der Waals surface area contributed by atoms with E-state index < -0.39 is 0 Å². The Kier molecular flexibility index (Phi) is 2.41. The summed E-state index contributed by atoms with van der Waals surface area (Å²) in [5.41, 5.74) is 1.69. The van der Waals surface area contributed by atoms with Crippen molar-refractivity contribution in [3.8, 4) is 17.8 Å². The van der Waals surface area contributed by atoms with Crippen LogP contribution in [0.2, 0.25) is 0 Å². The van der Waals surface area contributed by atoms with Crippen molar-refractivity contribution >= 4 is 10.9 Å². The Morgan fingerprint density at radius 1 is 1.11 bits per heavy atom. The van der Waals surface area contributed by atoms with E-state index in [1.807, 2.05) is 36.4 Å². The number of benzene rings is 1. The van der Waals surface area contributed by atoms with Crippen molar-refractivity contribution in [2.24, 2.45) is 0 Å². The molecule has 0 aliphatic rings. The topological polar surface area (TPSA) is 91.2 Å². The number of hydrogen-bond acceptors (Lipinski definition) is 5. The lowest BCUT2D eigenvalue weighted by Crippen LogP contribution is -1.99. The van der Waals surface area contributed by atoms with Crippen molar-refractivity contribution in [3.63, 3.8) is 0 Å². The normalized spacial score (nSPS) is 10.0. The van der Waals surface area contributed by atoms with Crippen LogP contribution in [-0.4, -0.2) is 19.7 Å². The van der Waals surface area contributed by atoms with Gasteiger partial charge in [0.05, 0.1) is 17.4 Å². The summed E-state index contributed by atoms with van der Waals surface area (Å²) in [7, 11) is 0. The van der Waals surface area contributed by atoms with E-state index in [1.165, 1.54) is 6.33 Å². The van der Waals surface area contributed by atoms with E-state index in [1.54, 1.807) is 10.8 Å². The van der Waals surface area contributed by atoms with Crippen LogP contribution in [0.5, 0.6) is 0 Å². The number of nitrogens with zero attached hydrogens (tertiary/aromatic N) is 6. The molecule has 3 rings (SSSR count). The quantitative estimate of drug-likeness (QED) is 0.649. The first-order valence-corrected chi connectivity index (χ1v) is 5.43. The van der Waals surface area contributed by atoms with E-state index in [-0.39, 0.29) is 11.4 Å².